The fourth-order valence-electron chi connectivity index (χ4n) is 2.74. The van der Waals surface area contributed by atoms with E-state index in [2.05, 4.69) is 0 Å². The predicted molar refractivity (Wildman–Crippen MR) is 82.3 cm³/mol. The van der Waals surface area contributed by atoms with E-state index in [9.17, 15) is 9.90 Å². The van der Waals surface area contributed by atoms with Crippen molar-refractivity contribution in [3.63, 3.8) is 0 Å². The Morgan fingerprint density at radius 3 is 2.29 bits per heavy atom. The molecule has 1 rings (SSSR count). The number of rotatable bonds is 7. The highest BCUT2D eigenvalue weighted by Crippen LogP contribution is 2.30. The fourth-order valence-corrected chi connectivity index (χ4v) is 2.74. The monoisotopic (exact) mass is 294 g/mol. The Kier molecular flexibility index (Phi) is 6.21. The van der Waals surface area contributed by atoms with Crippen LogP contribution >= 0.6 is 0 Å². The molecule has 4 heteroatoms. The highest BCUT2D eigenvalue weighted by atomic mass is 16.5. The lowest BCUT2D eigenvalue weighted by Gasteiger charge is -2.34. The lowest BCUT2D eigenvalue weighted by Crippen LogP contribution is -2.45. The Morgan fingerprint density at radius 2 is 1.86 bits per heavy atom. The molecule has 4 nitrogen and oxygen atoms in total. The van der Waals surface area contributed by atoms with Crippen molar-refractivity contribution in [2.75, 3.05) is 13.7 Å². The van der Waals surface area contributed by atoms with Crippen LogP contribution in [0.2, 0.25) is 0 Å². The number of carbonyl (C=O) groups is 1. The van der Waals surface area contributed by atoms with Crippen LogP contribution in [0, 0.1) is 11.8 Å². The SMILES string of the molecule is CCOC(=O)C(C(C)C)C(C)(O)Cc1ccc(OC)cc1. The summed E-state index contributed by atoms with van der Waals surface area (Å²) in [5, 5.41) is 10.8. The number of aliphatic hydroxyl groups is 1. The Bertz CT molecular complexity index is 448. The summed E-state index contributed by atoms with van der Waals surface area (Å²) in [4.78, 5) is 12.1. The first kappa shape index (κ1) is 17.5. The average Bonchev–Trinajstić information content (AvgIpc) is 2.38. The molecule has 0 heterocycles. The van der Waals surface area contributed by atoms with Crippen molar-refractivity contribution in [1.29, 1.82) is 0 Å². The molecule has 0 aromatic heterocycles. The highest BCUT2D eigenvalue weighted by Gasteiger charge is 2.40. The summed E-state index contributed by atoms with van der Waals surface area (Å²) >= 11 is 0. The average molecular weight is 294 g/mol. The predicted octanol–water partition coefficient (Wildman–Crippen LogP) is 2.82. The largest absolute Gasteiger partial charge is 0.497 e. The molecule has 0 spiro atoms. The van der Waals surface area contributed by atoms with Gasteiger partial charge in [-0.15, -0.1) is 0 Å². The van der Waals surface area contributed by atoms with Crippen molar-refractivity contribution < 1.29 is 19.4 Å². The minimum absolute atomic E-state index is 0.00250. The van der Waals surface area contributed by atoms with Gasteiger partial charge < -0.3 is 14.6 Å². The summed E-state index contributed by atoms with van der Waals surface area (Å²) in [7, 11) is 1.61. The van der Waals surface area contributed by atoms with Crippen LogP contribution in [0.1, 0.15) is 33.3 Å². The van der Waals surface area contributed by atoms with Crippen LogP contribution < -0.4 is 4.74 Å². The summed E-state index contributed by atoms with van der Waals surface area (Å²) in [5.74, 6) is -0.132. The summed E-state index contributed by atoms with van der Waals surface area (Å²) in [5.41, 5.74) is -0.203. The van der Waals surface area contributed by atoms with E-state index in [0.29, 0.717) is 13.0 Å². The highest BCUT2D eigenvalue weighted by molar-refractivity contribution is 5.74. The summed E-state index contributed by atoms with van der Waals surface area (Å²) < 4.78 is 10.2. The van der Waals surface area contributed by atoms with Gasteiger partial charge in [0.05, 0.1) is 25.2 Å². The minimum Gasteiger partial charge on any atom is -0.497 e. The van der Waals surface area contributed by atoms with Crippen molar-refractivity contribution in [1.82, 2.24) is 0 Å². The van der Waals surface area contributed by atoms with Crippen LogP contribution in [0.4, 0.5) is 0 Å². The number of hydrogen-bond acceptors (Lipinski definition) is 4. The summed E-state index contributed by atoms with van der Waals surface area (Å²) in [6.07, 6.45) is 0.388. The molecular weight excluding hydrogens is 268 g/mol. The lowest BCUT2D eigenvalue weighted by molar-refractivity contribution is -0.160. The van der Waals surface area contributed by atoms with Crippen molar-refractivity contribution in [3.8, 4) is 5.75 Å². The van der Waals surface area contributed by atoms with Gasteiger partial charge in [-0.2, -0.15) is 0 Å². The molecule has 1 aromatic rings. The molecule has 0 bridgehead atoms. The fraction of sp³-hybridized carbons (Fsp3) is 0.588. The van der Waals surface area contributed by atoms with Gasteiger partial charge in [0.2, 0.25) is 0 Å². The second-order valence-corrected chi connectivity index (χ2v) is 5.86. The van der Waals surface area contributed by atoms with E-state index in [-0.39, 0.29) is 11.9 Å². The molecule has 2 atom stereocenters. The van der Waals surface area contributed by atoms with E-state index in [4.69, 9.17) is 9.47 Å². The molecule has 1 aromatic carbocycles. The number of ether oxygens (including phenoxy) is 2. The molecule has 2 unspecified atom stereocenters. The number of benzene rings is 1. The zero-order valence-corrected chi connectivity index (χ0v) is 13.6. The number of hydrogen-bond donors (Lipinski definition) is 1. The third-order valence-electron chi connectivity index (χ3n) is 3.60. The first-order chi connectivity index (χ1) is 9.81. The lowest BCUT2D eigenvalue weighted by atomic mass is 9.77. The van der Waals surface area contributed by atoms with Gasteiger partial charge in [0, 0.05) is 6.42 Å². The summed E-state index contributed by atoms with van der Waals surface area (Å²) in [6.45, 7) is 7.63. The standard InChI is InChI=1S/C17H26O4/c1-6-21-16(18)15(12(2)3)17(4,19)11-13-7-9-14(20-5)10-8-13/h7-10,12,15,19H,6,11H2,1-5H3. The van der Waals surface area contributed by atoms with Gasteiger partial charge in [-0.1, -0.05) is 26.0 Å². The minimum atomic E-state index is -1.16. The summed E-state index contributed by atoms with van der Waals surface area (Å²) in [6, 6.07) is 7.49. The Hall–Kier alpha value is -1.55. The van der Waals surface area contributed by atoms with E-state index in [0.717, 1.165) is 11.3 Å². The number of carbonyl (C=O) groups excluding carboxylic acids is 1. The first-order valence-corrected chi connectivity index (χ1v) is 7.33. The molecule has 0 aliphatic rings. The third-order valence-corrected chi connectivity index (χ3v) is 3.60. The maximum atomic E-state index is 12.1. The maximum Gasteiger partial charge on any atom is 0.312 e. The van der Waals surface area contributed by atoms with Crippen LogP contribution in [0.3, 0.4) is 0 Å². The zero-order valence-electron chi connectivity index (χ0n) is 13.6. The third kappa shape index (κ3) is 4.74. The molecule has 0 radical (unpaired) electrons. The van der Waals surface area contributed by atoms with Crippen LogP contribution in [0.15, 0.2) is 24.3 Å². The molecule has 118 valence electrons. The quantitative estimate of drug-likeness (QED) is 0.786. The second kappa shape index (κ2) is 7.46. The number of esters is 1. The number of methoxy groups -OCH3 is 1. The smallest absolute Gasteiger partial charge is 0.312 e. The van der Waals surface area contributed by atoms with Crippen LogP contribution in [-0.4, -0.2) is 30.4 Å². The van der Waals surface area contributed by atoms with E-state index in [1.165, 1.54) is 0 Å². The molecule has 0 saturated carbocycles. The van der Waals surface area contributed by atoms with E-state index in [1.807, 2.05) is 38.1 Å². The molecule has 21 heavy (non-hydrogen) atoms. The molecule has 0 fully saturated rings. The van der Waals surface area contributed by atoms with Crippen LogP contribution in [0.25, 0.3) is 0 Å². The molecule has 0 saturated heterocycles. The van der Waals surface area contributed by atoms with E-state index in [1.54, 1.807) is 21.0 Å². The van der Waals surface area contributed by atoms with Crippen molar-refractivity contribution in [2.45, 2.75) is 39.7 Å². The van der Waals surface area contributed by atoms with Crippen molar-refractivity contribution in [2.24, 2.45) is 11.8 Å². The van der Waals surface area contributed by atoms with Gasteiger partial charge in [0.15, 0.2) is 0 Å². The Morgan fingerprint density at radius 1 is 1.29 bits per heavy atom. The van der Waals surface area contributed by atoms with E-state index >= 15 is 0 Å². The Balaban J connectivity index is 2.91. The Labute approximate surface area is 127 Å². The van der Waals surface area contributed by atoms with E-state index < -0.39 is 11.5 Å². The van der Waals surface area contributed by atoms with Crippen LogP contribution in [0.5, 0.6) is 5.75 Å². The zero-order chi connectivity index (χ0) is 16.0. The van der Waals surface area contributed by atoms with Gasteiger partial charge in [-0.25, -0.2) is 0 Å². The topological polar surface area (TPSA) is 55.8 Å². The van der Waals surface area contributed by atoms with Gasteiger partial charge in [0.25, 0.3) is 0 Å². The van der Waals surface area contributed by atoms with Gasteiger partial charge >= 0.3 is 5.97 Å². The molecular formula is C17H26O4. The van der Waals surface area contributed by atoms with Crippen molar-refractivity contribution in [3.05, 3.63) is 29.8 Å². The van der Waals surface area contributed by atoms with Gasteiger partial charge in [-0.3, -0.25) is 4.79 Å². The maximum absolute atomic E-state index is 12.1. The molecule has 0 aliphatic carbocycles. The normalized spacial score (nSPS) is 15.4. The first-order valence-electron chi connectivity index (χ1n) is 7.33. The molecule has 0 aliphatic heterocycles. The van der Waals surface area contributed by atoms with Crippen LogP contribution in [-0.2, 0) is 16.0 Å². The van der Waals surface area contributed by atoms with Gasteiger partial charge in [-0.05, 0) is 37.5 Å². The molecule has 0 amide bonds. The molecule has 1 N–H and O–H groups in total. The second-order valence-electron chi connectivity index (χ2n) is 5.86. The van der Waals surface area contributed by atoms with Crippen molar-refractivity contribution >= 4 is 5.97 Å². The van der Waals surface area contributed by atoms with Gasteiger partial charge in [0.1, 0.15) is 5.75 Å².